The first kappa shape index (κ1) is 15.4. The minimum absolute atomic E-state index is 0.335. The summed E-state index contributed by atoms with van der Waals surface area (Å²) in [6.07, 6.45) is 0.895. The van der Waals surface area contributed by atoms with E-state index in [-0.39, 0.29) is 0 Å². The molecular formula is C17H19Cl2N. The Bertz CT molecular complexity index is 564. The molecule has 0 aliphatic heterocycles. The van der Waals surface area contributed by atoms with Crippen molar-refractivity contribution in [2.75, 3.05) is 6.54 Å². The van der Waals surface area contributed by atoms with E-state index in [4.69, 9.17) is 23.2 Å². The highest BCUT2D eigenvalue weighted by atomic mass is 35.5. The van der Waals surface area contributed by atoms with Crippen LogP contribution < -0.4 is 5.32 Å². The van der Waals surface area contributed by atoms with Crippen LogP contribution in [-0.2, 0) is 6.42 Å². The molecule has 0 heterocycles. The van der Waals surface area contributed by atoms with Crippen LogP contribution in [0.4, 0.5) is 0 Å². The predicted octanol–water partition coefficient (Wildman–Crippen LogP) is 5.20. The van der Waals surface area contributed by atoms with Gasteiger partial charge in [-0.1, -0.05) is 59.1 Å². The number of hydrogen-bond acceptors (Lipinski definition) is 1. The van der Waals surface area contributed by atoms with E-state index in [1.54, 1.807) is 6.07 Å². The van der Waals surface area contributed by atoms with E-state index in [2.05, 4.69) is 43.4 Å². The molecule has 0 aliphatic rings. The average molecular weight is 308 g/mol. The Morgan fingerprint density at radius 1 is 1.05 bits per heavy atom. The molecule has 20 heavy (non-hydrogen) atoms. The van der Waals surface area contributed by atoms with Crippen LogP contribution in [-0.4, -0.2) is 6.54 Å². The summed E-state index contributed by atoms with van der Waals surface area (Å²) >= 11 is 12.1. The Labute approximate surface area is 130 Å². The molecule has 2 aromatic carbocycles. The standard InChI is InChI=1S/C17H19Cl2N/c1-12-3-5-14(6-4-12)13(2)20-10-9-15-7-8-16(18)11-17(15)19/h3-8,11,13,20H,9-10H2,1-2H3. The molecule has 1 nitrogen and oxygen atoms in total. The molecular weight excluding hydrogens is 289 g/mol. The van der Waals surface area contributed by atoms with Crippen LogP contribution in [0.5, 0.6) is 0 Å². The van der Waals surface area contributed by atoms with Crippen LogP contribution in [0.2, 0.25) is 10.0 Å². The van der Waals surface area contributed by atoms with Crippen molar-refractivity contribution in [2.24, 2.45) is 0 Å². The van der Waals surface area contributed by atoms with E-state index < -0.39 is 0 Å². The molecule has 0 amide bonds. The number of rotatable bonds is 5. The fourth-order valence-corrected chi connectivity index (χ4v) is 2.62. The normalized spacial score (nSPS) is 12.4. The zero-order valence-electron chi connectivity index (χ0n) is 11.8. The summed E-state index contributed by atoms with van der Waals surface area (Å²) in [5.41, 5.74) is 3.71. The first-order valence-corrected chi connectivity index (χ1v) is 7.56. The summed E-state index contributed by atoms with van der Waals surface area (Å²) < 4.78 is 0. The molecule has 2 rings (SSSR count). The van der Waals surface area contributed by atoms with Crippen LogP contribution >= 0.6 is 23.2 Å². The average Bonchev–Trinajstić information content (AvgIpc) is 2.42. The molecule has 2 aromatic rings. The Hall–Kier alpha value is -1.02. The van der Waals surface area contributed by atoms with Crippen molar-refractivity contribution >= 4 is 23.2 Å². The summed E-state index contributed by atoms with van der Waals surface area (Å²) in [6, 6.07) is 14.6. The number of benzene rings is 2. The summed E-state index contributed by atoms with van der Waals surface area (Å²) in [4.78, 5) is 0. The van der Waals surface area contributed by atoms with Crippen LogP contribution in [0.15, 0.2) is 42.5 Å². The molecule has 0 saturated carbocycles. The number of nitrogens with one attached hydrogen (secondary N) is 1. The fourth-order valence-electron chi connectivity index (χ4n) is 2.12. The molecule has 0 bridgehead atoms. The molecule has 1 N–H and O–H groups in total. The van der Waals surface area contributed by atoms with Gasteiger partial charge in [-0.05, 0) is 50.1 Å². The van der Waals surface area contributed by atoms with Crippen LogP contribution in [0.25, 0.3) is 0 Å². The van der Waals surface area contributed by atoms with Crippen LogP contribution in [0.1, 0.15) is 29.7 Å². The molecule has 0 fully saturated rings. The van der Waals surface area contributed by atoms with Gasteiger partial charge in [0, 0.05) is 16.1 Å². The molecule has 0 saturated heterocycles. The molecule has 0 aromatic heterocycles. The topological polar surface area (TPSA) is 12.0 Å². The minimum Gasteiger partial charge on any atom is -0.310 e. The van der Waals surface area contributed by atoms with Crippen molar-refractivity contribution < 1.29 is 0 Å². The summed E-state index contributed by atoms with van der Waals surface area (Å²) in [5, 5.41) is 4.94. The van der Waals surface area contributed by atoms with Crippen molar-refractivity contribution in [3.63, 3.8) is 0 Å². The van der Waals surface area contributed by atoms with Crippen molar-refractivity contribution in [2.45, 2.75) is 26.3 Å². The molecule has 0 aliphatic carbocycles. The maximum absolute atomic E-state index is 6.17. The highest BCUT2D eigenvalue weighted by Gasteiger charge is 2.05. The first-order chi connectivity index (χ1) is 9.56. The van der Waals surface area contributed by atoms with Crippen LogP contribution in [0, 0.1) is 6.92 Å². The van der Waals surface area contributed by atoms with Gasteiger partial charge in [0.2, 0.25) is 0 Å². The van der Waals surface area contributed by atoms with E-state index >= 15 is 0 Å². The van der Waals surface area contributed by atoms with Crippen molar-refractivity contribution in [1.29, 1.82) is 0 Å². The highest BCUT2D eigenvalue weighted by molar-refractivity contribution is 6.35. The van der Waals surface area contributed by atoms with Gasteiger partial charge >= 0.3 is 0 Å². The maximum Gasteiger partial charge on any atom is 0.0453 e. The Balaban J connectivity index is 1.87. The lowest BCUT2D eigenvalue weighted by atomic mass is 10.1. The van der Waals surface area contributed by atoms with Gasteiger partial charge in [-0.3, -0.25) is 0 Å². The second-order valence-corrected chi connectivity index (χ2v) is 5.92. The predicted molar refractivity (Wildman–Crippen MR) is 87.8 cm³/mol. The lowest BCUT2D eigenvalue weighted by molar-refractivity contribution is 0.577. The minimum atomic E-state index is 0.335. The molecule has 0 spiro atoms. The van der Waals surface area contributed by atoms with E-state index in [1.807, 2.05) is 12.1 Å². The zero-order chi connectivity index (χ0) is 14.5. The van der Waals surface area contributed by atoms with Gasteiger partial charge in [-0.25, -0.2) is 0 Å². The van der Waals surface area contributed by atoms with Crippen molar-refractivity contribution in [1.82, 2.24) is 5.32 Å². The number of aryl methyl sites for hydroxylation is 1. The number of hydrogen-bond donors (Lipinski definition) is 1. The van der Waals surface area contributed by atoms with Gasteiger partial charge in [0.1, 0.15) is 0 Å². The van der Waals surface area contributed by atoms with Gasteiger partial charge in [-0.2, -0.15) is 0 Å². The van der Waals surface area contributed by atoms with Crippen LogP contribution in [0.3, 0.4) is 0 Å². The van der Waals surface area contributed by atoms with Gasteiger partial charge in [-0.15, -0.1) is 0 Å². The second-order valence-electron chi connectivity index (χ2n) is 5.07. The van der Waals surface area contributed by atoms with Crippen molar-refractivity contribution in [3.8, 4) is 0 Å². The van der Waals surface area contributed by atoms with Gasteiger partial charge in [0.15, 0.2) is 0 Å². The molecule has 3 heteroatoms. The quantitative estimate of drug-likeness (QED) is 0.801. The van der Waals surface area contributed by atoms with E-state index in [0.717, 1.165) is 23.6 Å². The molecule has 106 valence electrons. The van der Waals surface area contributed by atoms with Gasteiger partial charge < -0.3 is 5.32 Å². The van der Waals surface area contributed by atoms with E-state index in [0.29, 0.717) is 11.1 Å². The molecule has 0 radical (unpaired) electrons. The monoisotopic (exact) mass is 307 g/mol. The Morgan fingerprint density at radius 2 is 1.75 bits per heavy atom. The lowest BCUT2D eigenvalue weighted by Crippen LogP contribution is -2.21. The van der Waals surface area contributed by atoms with Crippen molar-refractivity contribution in [3.05, 3.63) is 69.2 Å². The smallest absolute Gasteiger partial charge is 0.0453 e. The Kier molecular flexibility index (Phi) is 5.47. The maximum atomic E-state index is 6.17. The lowest BCUT2D eigenvalue weighted by Gasteiger charge is -2.15. The van der Waals surface area contributed by atoms with Gasteiger partial charge in [0.05, 0.1) is 0 Å². The van der Waals surface area contributed by atoms with E-state index in [1.165, 1.54) is 11.1 Å². The summed E-state index contributed by atoms with van der Waals surface area (Å²) in [7, 11) is 0. The summed E-state index contributed by atoms with van der Waals surface area (Å²) in [5.74, 6) is 0. The number of halogens is 2. The SMILES string of the molecule is Cc1ccc(C(C)NCCc2ccc(Cl)cc2Cl)cc1. The third-order valence-electron chi connectivity index (χ3n) is 3.44. The summed E-state index contributed by atoms with van der Waals surface area (Å²) in [6.45, 7) is 5.16. The zero-order valence-corrected chi connectivity index (χ0v) is 13.3. The highest BCUT2D eigenvalue weighted by Crippen LogP contribution is 2.21. The third kappa shape index (κ3) is 4.24. The Morgan fingerprint density at radius 3 is 2.40 bits per heavy atom. The second kappa shape index (κ2) is 7.12. The van der Waals surface area contributed by atoms with Gasteiger partial charge in [0.25, 0.3) is 0 Å². The molecule has 1 unspecified atom stereocenters. The fraction of sp³-hybridized carbons (Fsp3) is 0.294. The third-order valence-corrected chi connectivity index (χ3v) is 4.02. The molecule has 1 atom stereocenters. The largest absolute Gasteiger partial charge is 0.310 e. The van der Waals surface area contributed by atoms with E-state index in [9.17, 15) is 0 Å². The first-order valence-electron chi connectivity index (χ1n) is 6.80.